The Morgan fingerprint density at radius 1 is 1.23 bits per heavy atom. The molecule has 0 spiro atoms. The van der Waals surface area contributed by atoms with Gasteiger partial charge in [-0.2, -0.15) is 0 Å². The maximum atomic E-state index is 15.6. The van der Waals surface area contributed by atoms with E-state index in [1.165, 1.54) is 5.57 Å². The number of alkyl halides is 1. The SMILES string of the molecule is CC#CCOCC(=O)[C@H]1CC[C@H]2[C@@H]3CC(F)C4=CC(=O)CCC4=C3[C@@H](c3ccc(N)cc3)C[C@]12C. The molecule has 2 fully saturated rings. The number of ketones is 2. The fourth-order valence-corrected chi connectivity index (χ4v) is 7.56. The minimum absolute atomic E-state index is 0.0226. The van der Waals surface area contributed by atoms with Crippen molar-refractivity contribution in [2.45, 2.75) is 64.5 Å². The average molecular weight is 476 g/mol. The molecule has 2 N–H and O–H groups in total. The molecule has 184 valence electrons. The largest absolute Gasteiger partial charge is 0.399 e. The molecule has 6 atom stereocenters. The van der Waals surface area contributed by atoms with Gasteiger partial charge in [-0.3, -0.25) is 9.59 Å². The summed E-state index contributed by atoms with van der Waals surface area (Å²) in [5.74, 6) is 6.11. The lowest BCUT2D eigenvalue weighted by Crippen LogP contribution is -2.46. The lowest BCUT2D eigenvalue weighted by Gasteiger charge is -2.53. The van der Waals surface area contributed by atoms with Crippen molar-refractivity contribution in [1.29, 1.82) is 0 Å². The van der Waals surface area contributed by atoms with Crippen molar-refractivity contribution < 1.29 is 18.7 Å². The molecule has 0 heterocycles. The molecule has 0 saturated heterocycles. The monoisotopic (exact) mass is 475 g/mol. The van der Waals surface area contributed by atoms with Gasteiger partial charge in [0.05, 0.1) is 0 Å². The number of halogens is 1. The zero-order valence-corrected chi connectivity index (χ0v) is 20.6. The van der Waals surface area contributed by atoms with Crippen LogP contribution in [0.5, 0.6) is 0 Å². The van der Waals surface area contributed by atoms with Crippen LogP contribution in [0.3, 0.4) is 0 Å². The van der Waals surface area contributed by atoms with Crippen LogP contribution in [-0.4, -0.2) is 31.0 Å². The Balaban J connectivity index is 1.56. The second-order valence-corrected chi connectivity index (χ2v) is 10.9. The van der Waals surface area contributed by atoms with Crippen molar-refractivity contribution in [1.82, 2.24) is 0 Å². The molecule has 1 unspecified atom stereocenters. The molecular weight excluding hydrogens is 441 g/mol. The third-order valence-electron chi connectivity index (χ3n) is 9.07. The molecule has 4 aliphatic carbocycles. The fraction of sp³-hybridized carbons (Fsp3) is 0.533. The third-order valence-corrected chi connectivity index (χ3v) is 9.07. The molecule has 0 aliphatic heterocycles. The molecule has 0 aromatic heterocycles. The van der Waals surface area contributed by atoms with E-state index in [1.807, 2.05) is 12.1 Å². The number of fused-ring (bicyclic) bond motifs is 4. The highest BCUT2D eigenvalue weighted by atomic mass is 19.1. The van der Waals surface area contributed by atoms with Crippen LogP contribution in [0.1, 0.15) is 63.9 Å². The molecule has 0 amide bonds. The first-order valence-corrected chi connectivity index (χ1v) is 12.8. The predicted molar refractivity (Wildman–Crippen MR) is 134 cm³/mol. The number of hydrogen-bond donors (Lipinski definition) is 1. The zero-order valence-electron chi connectivity index (χ0n) is 20.6. The van der Waals surface area contributed by atoms with Crippen LogP contribution in [0, 0.1) is 35.0 Å². The van der Waals surface area contributed by atoms with Crippen molar-refractivity contribution in [2.24, 2.45) is 23.2 Å². The number of nitrogen functional groups attached to an aromatic ring is 1. The average Bonchev–Trinajstić information content (AvgIpc) is 3.19. The van der Waals surface area contributed by atoms with Crippen LogP contribution in [0.4, 0.5) is 10.1 Å². The number of hydrogen-bond acceptors (Lipinski definition) is 4. The first-order chi connectivity index (χ1) is 16.8. The van der Waals surface area contributed by atoms with E-state index in [-0.39, 0.29) is 53.9 Å². The summed E-state index contributed by atoms with van der Waals surface area (Å²) in [5, 5.41) is 0. The molecular formula is C30H34FNO3. The van der Waals surface area contributed by atoms with Crippen LogP contribution in [0.2, 0.25) is 0 Å². The highest BCUT2D eigenvalue weighted by Gasteiger charge is 2.59. The Hall–Kier alpha value is -2.71. The van der Waals surface area contributed by atoms with Crippen LogP contribution < -0.4 is 5.73 Å². The van der Waals surface area contributed by atoms with Gasteiger partial charge < -0.3 is 10.5 Å². The van der Waals surface area contributed by atoms with Crippen LogP contribution in [0.15, 0.2) is 47.1 Å². The summed E-state index contributed by atoms with van der Waals surface area (Å²) >= 11 is 0. The van der Waals surface area contributed by atoms with Crippen molar-refractivity contribution in [3.8, 4) is 11.8 Å². The van der Waals surface area contributed by atoms with E-state index < -0.39 is 6.17 Å². The van der Waals surface area contributed by atoms with Crippen LogP contribution in [-0.2, 0) is 14.3 Å². The second kappa shape index (κ2) is 9.39. The minimum Gasteiger partial charge on any atom is -0.399 e. The van der Waals surface area contributed by atoms with Gasteiger partial charge in [-0.1, -0.05) is 30.6 Å². The fourth-order valence-electron chi connectivity index (χ4n) is 7.56. The maximum absolute atomic E-state index is 15.6. The Kier molecular flexibility index (Phi) is 6.44. The van der Waals surface area contributed by atoms with Gasteiger partial charge in [-0.15, -0.1) is 5.92 Å². The van der Waals surface area contributed by atoms with Crippen molar-refractivity contribution >= 4 is 17.3 Å². The number of carbonyl (C=O) groups excluding carboxylic acids is 2. The lowest BCUT2D eigenvalue weighted by molar-refractivity contribution is -0.131. The van der Waals surface area contributed by atoms with E-state index in [1.54, 1.807) is 13.0 Å². The van der Waals surface area contributed by atoms with Crippen LogP contribution >= 0.6 is 0 Å². The molecule has 1 aromatic carbocycles. The number of carbonyl (C=O) groups is 2. The Labute approximate surface area is 207 Å². The maximum Gasteiger partial charge on any atom is 0.162 e. The van der Waals surface area contributed by atoms with E-state index in [0.29, 0.717) is 30.5 Å². The number of Topliss-reactive ketones (excluding diaryl/α,β-unsaturated/α-hetero) is 1. The first kappa shape index (κ1) is 24.0. The summed E-state index contributed by atoms with van der Waals surface area (Å²) in [4.78, 5) is 25.5. The smallest absolute Gasteiger partial charge is 0.162 e. The summed E-state index contributed by atoms with van der Waals surface area (Å²) in [6.45, 7) is 4.34. The van der Waals surface area contributed by atoms with Gasteiger partial charge in [0.2, 0.25) is 0 Å². The topological polar surface area (TPSA) is 69.4 Å². The molecule has 0 bridgehead atoms. The first-order valence-electron chi connectivity index (χ1n) is 12.8. The van der Waals surface area contributed by atoms with Gasteiger partial charge in [0, 0.05) is 23.9 Å². The molecule has 4 nitrogen and oxygen atoms in total. The molecule has 4 aliphatic rings. The highest BCUT2D eigenvalue weighted by molar-refractivity contribution is 5.93. The van der Waals surface area contributed by atoms with E-state index in [2.05, 4.69) is 30.9 Å². The number of ether oxygens (including phenoxy) is 1. The van der Waals surface area contributed by atoms with Crippen molar-refractivity contribution in [3.05, 3.63) is 52.6 Å². The predicted octanol–water partition coefficient (Wildman–Crippen LogP) is 5.34. The molecule has 2 saturated carbocycles. The van der Waals surface area contributed by atoms with Gasteiger partial charge in [0.25, 0.3) is 0 Å². The van der Waals surface area contributed by atoms with Crippen molar-refractivity contribution in [2.75, 3.05) is 18.9 Å². The van der Waals surface area contributed by atoms with Gasteiger partial charge in [-0.25, -0.2) is 4.39 Å². The number of rotatable bonds is 5. The summed E-state index contributed by atoms with van der Waals surface area (Å²) < 4.78 is 21.1. The van der Waals surface area contributed by atoms with E-state index >= 15 is 4.39 Å². The quantitative estimate of drug-likeness (QED) is 0.355. The van der Waals surface area contributed by atoms with E-state index in [9.17, 15) is 9.59 Å². The summed E-state index contributed by atoms with van der Waals surface area (Å²) in [6, 6.07) is 7.99. The van der Waals surface area contributed by atoms with Gasteiger partial charge in [-0.05, 0) is 91.2 Å². The summed E-state index contributed by atoms with van der Waals surface area (Å²) in [6.07, 6.45) is 4.45. The zero-order chi connectivity index (χ0) is 24.7. The minimum atomic E-state index is -1.12. The lowest BCUT2D eigenvalue weighted by atomic mass is 9.51. The summed E-state index contributed by atoms with van der Waals surface area (Å²) in [5.41, 5.74) is 10.6. The number of benzene rings is 1. The normalized spacial score (nSPS) is 33.7. The Bertz CT molecular complexity index is 1150. The highest BCUT2D eigenvalue weighted by Crippen LogP contribution is 2.66. The molecule has 1 aromatic rings. The standard InChI is InChI=1S/C30H34FNO3/c1-3-4-13-35-17-28(34)26-12-11-25-23-15-27(31)22-14-20(33)9-10-21(22)29(23)24(16-30(25,26)2)18-5-7-19(32)8-6-18/h5-8,14,23-27H,9-13,15-17,32H2,1-2H3/t23-,24+,25-,26+,27?,30-/m0/s1. The molecule has 35 heavy (non-hydrogen) atoms. The molecule has 5 heteroatoms. The molecule has 0 radical (unpaired) electrons. The Morgan fingerprint density at radius 2 is 2.00 bits per heavy atom. The van der Waals surface area contributed by atoms with Crippen molar-refractivity contribution in [3.63, 3.8) is 0 Å². The van der Waals surface area contributed by atoms with E-state index in [4.69, 9.17) is 10.5 Å². The van der Waals surface area contributed by atoms with E-state index in [0.717, 1.165) is 30.4 Å². The number of allylic oxidation sites excluding steroid dienone is 4. The second-order valence-electron chi connectivity index (χ2n) is 10.9. The van der Waals surface area contributed by atoms with Gasteiger partial charge in [0.1, 0.15) is 19.4 Å². The Morgan fingerprint density at radius 3 is 2.74 bits per heavy atom. The van der Waals surface area contributed by atoms with Gasteiger partial charge >= 0.3 is 0 Å². The van der Waals surface area contributed by atoms with Gasteiger partial charge in [0.15, 0.2) is 11.6 Å². The summed E-state index contributed by atoms with van der Waals surface area (Å²) in [7, 11) is 0. The van der Waals surface area contributed by atoms with Crippen LogP contribution in [0.25, 0.3) is 0 Å². The third kappa shape index (κ3) is 4.16. The number of nitrogens with two attached hydrogens (primary N) is 1. The number of anilines is 1. The molecule has 5 rings (SSSR count).